The minimum atomic E-state index is 0.0693. The Bertz CT molecular complexity index is 296. The summed E-state index contributed by atoms with van der Waals surface area (Å²) in [5.41, 5.74) is 5.92. The molecule has 0 spiro atoms. The molecule has 0 bridgehead atoms. The van der Waals surface area contributed by atoms with E-state index in [1.54, 1.807) is 0 Å². The van der Waals surface area contributed by atoms with Crippen LogP contribution in [0.2, 0.25) is 0 Å². The largest absolute Gasteiger partial charge is 0.339 e. The van der Waals surface area contributed by atoms with Crippen molar-refractivity contribution in [1.29, 1.82) is 5.26 Å². The van der Waals surface area contributed by atoms with Gasteiger partial charge in [-0.3, -0.25) is 4.79 Å². The standard InChI is InChI=1S/C13H23N3O/c1-10(2)16(8-4-7-14)13(17)11-5-3-6-12(15)9-11/h10-12H,3-6,8-9,15H2,1-2H3. The molecule has 1 fully saturated rings. The summed E-state index contributed by atoms with van der Waals surface area (Å²) in [5.74, 6) is 0.255. The smallest absolute Gasteiger partial charge is 0.226 e. The number of carbonyl (C=O) groups is 1. The highest BCUT2D eigenvalue weighted by atomic mass is 16.2. The fourth-order valence-corrected chi connectivity index (χ4v) is 2.48. The van der Waals surface area contributed by atoms with Gasteiger partial charge in [-0.1, -0.05) is 6.42 Å². The molecule has 0 saturated heterocycles. The van der Waals surface area contributed by atoms with Crippen molar-refractivity contribution in [3.05, 3.63) is 0 Å². The fraction of sp³-hybridized carbons (Fsp3) is 0.846. The van der Waals surface area contributed by atoms with E-state index in [0.29, 0.717) is 13.0 Å². The lowest BCUT2D eigenvalue weighted by molar-refractivity contribution is -0.138. The van der Waals surface area contributed by atoms with Crippen molar-refractivity contribution in [1.82, 2.24) is 4.90 Å². The maximum atomic E-state index is 12.4. The molecule has 0 aromatic rings. The van der Waals surface area contributed by atoms with Crippen molar-refractivity contribution < 1.29 is 4.79 Å². The molecule has 0 aromatic heterocycles. The number of nitrogens with zero attached hydrogens (tertiary/aromatic N) is 2. The number of nitriles is 1. The van der Waals surface area contributed by atoms with E-state index in [1.807, 2.05) is 18.7 Å². The van der Waals surface area contributed by atoms with Crippen molar-refractivity contribution in [2.24, 2.45) is 11.7 Å². The molecule has 2 unspecified atom stereocenters. The minimum absolute atomic E-state index is 0.0693. The van der Waals surface area contributed by atoms with Crippen LogP contribution in [0.15, 0.2) is 0 Å². The molecule has 4 nitrogen and oxygen atoms in total. The van der Waals surface area contributed by atoms with Crippen LogP contribution in [0, 0.1) is 17.2 Å². The molecule has 1 rings (SSSR count). The first-order chi connectivity index (χ1) is 8.06. The Kier molecular flexibility index (Phi) is 5.43. The van der Waals surface area contributed by atoms with Gasteiger partial charge in [-0.15, -0.1) is 0 Å². The topological polar surface area (TPSA) is 70.1 Å². The Labute approximate surface area is 104 Å². The summed E-state index contributed by atoms with van der Waals surface area (Å²) in [6, 6.07) is 2.43. The molecular weight excluding hydrogens is 214 g/mol. The molecule has 4 heteroatoms. The van der Waals surface area contributed by atoms with E-state index in [2.05, 4.69) is 6.07 Å². The molecule has 1 aliphatic rings. The van der Waals surface area contributed by atoms with Crippen LogP contribution in [0.1, 0.15) is 46.0 Å². The molecule has 1 aliphatic carbocycles. The van der Waals surface area contributed by atoms with Crippen molar-refractivity contribution in [3.8, 4) is 6.07 Å². The van der Waals surface area contributed by atoms with Gasteiger partial charge in [0.1, 0.15) is 0 Å². The lowest BCUT2D eigenvalue weighted by atomic mass is 9.85. The third kappa shape index (κ3) is 4.01. The van der Waals surface area contributed by atoms with Gasteiger partial charge in [0, 0.05) is 24.5 Å². The molecule has 96 valence electrons. The lowest BCUT2D eigenvalue weighted by Gasteiger charge is -2.33. The van der Waals surface area contributed by atoms with Crippen LogP contribution >= 0.6 is 0 Å². The molecule has 1 saturated carbocycles. The van der Waals surface area contributed by atoms with Crippen LogP contribution in [0.4, 0.5) is 0 Å². The van der Waals surface area contributed by atoms with Gasteiger partial charge in [-0.25, -0.2) is 0 Å². The Balaban J connectivity index is 2.60. The number of carbonyl (C=O) groups excluding carboxylic acids is 1. The van der Waals surface area contributed by atoms with Gasteiger partial charge in [-0.2, -0.15) is 5.26 Å². The Morgan fingerprint density at radius 3 is 2.76 bits per heavy atom. The van der Waals surface area contributed by atoms with E-state index in [-0.39, 0.29) is 23.9 Å². The lowest BCUT2D eigenvalue weighted by Crippen LogP contribution is -2.44. The molecule has 0 aromatic carbocycles. The molecule has 0 aliphatic heterocycles. The minimum Gasteiger partial charge on any atom is -0.339 e. The number of rotatable bonds is 4. The van der Waals surface area contributed by atoms with Crippen molar-refractivity contribution in [3.63, 3.8) is 0 Å². The maximum Gasteiger partial charge on any atom is 0.226 e. The summed E-state index contributed by atoms with van der Waals surface area (Å²) < 4.78 is 0. The highest BCUT2D eigenvalue weighted by Crippen LogP contribution is 2.25. The third-order valence-electron chi connectivity index (χ3n) is 3.43. The fourth-order valence-electron chi connectivity index (χ4n) is 2.48. The van der Waals surface area contributed by atoms with Crippen molar-refractivity contribution >= 4 is 5.91 Å². The third-order valence-corrected chi connectivity index (χ3v) is 3.43. The molecular formula is C13H23N3O. The molecule has 0 heterocycles. The van der Waals surface area contributed by atoms with Crippen LogP contribution in [0.25, 0.3) is 0 Å². The summed E-state index contributed by atoms with van der Waals surface area (Å²) in [6.45, 7) is 4.54. The summed E-state index contributed by atoms with van der Waals surface area (Å²) in [6.07, 6.45) is 4.23. The zero-order valence-electron chi connectivity index (χ0n) is 10.9. The van der Waals surface area contributed by atoms with E-state index < -0.39 is 0 Å². The summed E-state index contributed by atoms with van der Waals surface area (Å²) >= 11 is 0. The molecule has 2 N–H and O–H groups in total. The van der Waals surface area contributed by atoms with Crippen LogP contribution in [0.3, 0.4) is 0 Å². The monoisotopic (exact) mass is 237 g/mol. The zero-order chi connectivity index (χ0) is 12.8. The van der Waals surface area contributed by atoms with Crippen LogP contribution in [0.5, 0.6) is 0 Å². The second-order valence-electron chi connectivity index (χ2n) is 5.16. The normalized spacial score (nSPS) is 24.4. The van der Waals surface area contributed by atoms with Crippen molar-refractivity contribution in [2.45, 2.75) is 58.0 Å². The second-order valence-corrected chi connectivity index (χ2v) is 5.16. The Morgan fingerprint density at radius 2 is 2.24 bits per heavy atom. The zero-order valence-corrected chi connectivity index (χ0v) is 10.9. The SMILES string of the molecule is CC(C)N(CCC#N)C(=O)C1CCCC(N)C1. The Hall–Kier alpha value is -1.08. The first-order valence-corrected chi connectivity index (χ1v) is 6.49. The highest BCUT2D eigenvalue weighted by molar-refractivity contribution is 5.79. The van der Waals surface area contributed by atoms with Gasteiger partial charge >= 0.3 is 0 Å². The molecule has 0 radical (unpaired) electrons. The van der Waals surface area contributed by atoms with E-state index in [9.17, 15) is 4.79 Å². The van der Waals surface area contributed by atoms with Crippen molar-refractivity contribution in [2.75, 3.05) is 6.54 Å². The molecule has 2 atom stereocenters. The maximum absolute atomic E-state index is 12.4. The average molecular weight is 237 g/mol. The van der Waals surface area contributed by atoms with E-state index >= 15 is 0 Å². The first-order valence-electron chi connectivity index (χ1n) is 6.49. The summed E-state index contributed by atoms with van der Waals surface area (Å²) in [5, 5.41) is 8.62. The number of hydrogen-bond acceptors (Lipinski definition) is 3. The van der Waals surface area contributed by atoms with E-state index in [0.717, 1.165) is 25.7 Å². The molecule has 1 amide bonds. The van der Waals surface area contributed by atoms with Crippen LogP contribution in [-0.4, -0.2) is 29.4 Å². The summed E-state index contributed by atoms with van der Waals surface area (Å²) in [7, 11) is 0. The van der Waals surface area contributed by atoms with Gasteiger partial charge in [0.25, 0.3) is 0 Å². The van der Waals surface area contributed by atoms with Gasteiger partial charge < -0.3 is 10.6 Å². The van der Waals surface area contributed by atoms with Crippen LogP contribution < -0.4 is 5.73 Å². The van der Waals surface area contributed by atoms with Gasteiger partial charge in [0.2, 0.25) is 5.91 Å². The first kappa shape index (κ1) is 14.0. The van der Waals surface area contributed by atoms with E-state index in [1.165, 1.54) is 0 Å². The average Bonchev–Trinajstić information content (AvgIpc) is 2.29. The quantitative estimate of drug-likeness (QED) is 0.808. The molecule has 17 heavy (non-hydrogen) atoms. The Morgan fingerprint density at radius 1 is 1.53 bits per heavy atom. The van der Waals surface area contributed by atoms with Gasteiger partial charge in [0.15, 0.2) is 0 Å². The highest BCUT2D eigenvalue weighted by Gasteiger charge is 2.29. The number of amides is 1. The van der Waals surface area contributed by atoms with E-state index in [4.69, 9.17) is 11.0 Å². The predicted octanol–water partition coefficient (Wildman–Crippen LogP) is 1.65. The predicted molar refractivity (Wildman–Crippen MR) is 67.0 cm³/mol. The second kappa shape index (κ2) is 6.61. The van der Waals surface area contributed by atoms with Gasteiger partial charge in [-0.05, 0) is 33.1 Å². The summed E-state index contributed by atoms with van der Waals surface area (Å²) in [4.78, 5) is 14.2. The number of hydrogen-bond donors (Lipinski definition) is 1. The number of nitrogens with two attached hydrogens (primary N) is 1. The van der Waals surface area contributed by atoms with Crippen LogP contribution in [-0.2, 0) is 4.79 Å². The van der Waals surface area contributed by atoms with Gasteiger partial charge in [0.05, 0.1) is 12.5 Å².